The molecule has 0 saturated carbocycles. The second kappa shape index (κ2) is 12.2. The van der Waals surface area contributed by atoms with Crippen molar-refractivity contribution in [3.8, 4) is 5.75 Å². The highest BCUT2D eigenvalue weighted by Crippen LogP contribution is 2.32. The summed E-state index contributed by atoms with van der Waals surface area (Å²) in [5.41, 5.74) is 0.669. The molecule has 0 bridgehead atoms. The van der Waals surface area contributed by atoms with Crippen molar-refractivity contribution in [2.75, 3.05) is 28.0 Å². The molecule has 13 heteroatoms. The van der Waals surface area contributed by atoms with Gasteiger partial charge in [0.1, 0.15) is 12.3 Å². The number of rotatable bonds is 10. The third-order valence-corrected chi connectivity index (χ3v) is 9.30. The summed E-state index contributed by atoms with van der Waals surface area (Å²) in [6.45, 7) is -0.613. The zero-order valence-corrected chi connectivity index (χ0v) is 24.1. The van der Waals surface area contributed by atoms with Gasteiger partial charge in [0.15, 0.2) is 0 Å². The van der Waals surface area contributed by atoms with Gasteiger partial charge in [-0.15, -0.1) is 0 Å². The third kappa shape index (κ3) is 6.86. The smallest absolute Gasteiger partial charge is 0.264 e. The van der Waals surface area contributed by atoms with Crippen molar-refractivity contribution in [1.82, 2.24) is 0 Å². The Morgan fingerprint density at radius 2 is 1.43 bits per heavy atom. The van der Waals surface area contributed by atoms with Crippen molar-refractivity contribution in [2.45, 2.75) is 9.79 Å². The van der Waals surface area contributed by atoms with E-state index in [4.69, 9.17) is 27.9 Å². The van der Waals surface area contributed by atoms with Gasteiger partial charge < -0.3 is 10.1 Å². The molecule has 0 unspecified atom stereocenters. The number of ether oxygens (including phenoxy) is 1. The van der Waals surface area contributed by atoms with E-state index < -0.39 is 32.5 Å². The van der Waals surface area contributed by atoms with Crippen molar-refractivity contribution >= 4 is 66.2 Å². The largest absolute Gasteiger partial charge is 0.497 e. The quantitative estimate of drug-likeness (QED) is 0.237. The molecule has 4 aromatic carbocycles. The van der Waals surface area contributed by atoms with Crippen LogP contribution in [-0.2, 0) is 24.8 Å². The summed E-state index contributed by atoms with van der Waals surface area (Å²) >= 11 is 12.3. The first-order chi connectivity index (χ1) is 19.0. The number of methoxy groups -OCH3 is 1. The van der Waals surface area contributed by atoms with E-state index in [2.05, 4.69) is 10.0 Å². The van der Waals surface area contributed by atoms with Crippen LogP contribution in [0.1, 0.15) is 0 Å². The van der Waals surface area contributed by atoms with Gasteiger partial charge in [-0.1, -0.05) is 41.4 Å². The average Bonchev–Trinajstić information content (AvgIpc) is 2.93. The number of nitrogens with one attached hydrogen (secondary N) is 2. The molecule has 1 amide bonds. The molecule has 9 nitrogen and oxygen atoms in total. The highest BCUT2D eigenvalue weighted by Gasteiger charge is 2.29. The summed E-state index contributed by atoms with van der Waals surface area (Å²) in [6.07, 6.45) is 0. The van der Waals surface area contributed by atoms with Crippen molar-refractivity contribution in [3.63, 3.8) is 0 Å². The maximum absolute atomic E-state index is 13.5. The normalized spacial score (nSPS) is 11.5. The molecule has 4 rings (SSSR count). The maximum Gasteiger partial charge on any atom is 0.264 e. The third-order valence-electron chi connectivity index (χ3n) is 5.59. The van der Waals surface area contributed by atoms with Gasteiger partial charge in [-0.3, -0.25) is 13.8 Å². The summed E-state index contributed by atoms with van der Waals surface area (Å²) in [7, 11) is -6.59. The van der Waals surface area contributed by atoms with Gasteiger partial charge in [-0.25, -0.2) is 16.8 Å². The van der Waals surface area contributed by atoms with Crippen LogP contribution in [0.25, 0.3) is 0 Å². The summed E-state index contributed by atoms with van der Waals surface area (Å²) in [4.78, 5) is 12.9. The van der Waals surface area contributed by atoms with Crippen molar-refractivity contribution in [3.05, 3.63) is 107 Å². The second-order valence-electron chi connectivity index (χ2n) is 8.33. The molecule has 0 aromatic heterocycles. The molecule has 208 valence electrons. The molecule has 2 N–H and O–H groups in total. The molecule has 0 aliphatic rings. The number of nitrogens with zero attached hydrogens (tertiary/aromatic N) is 1. The predicted molar refractivity (Wildman–Crippen MR) is 156 cm³/mol. The summed E-state index contributed by atoms with van der Waals surface area (Å²) in [6, 6.07) is 23.6. The number of hydrogen-bond acceptors (Lipinski definition) is 6. The number of carbonyl (C=O) groups excluding carboxylic acids is 1. The Morgan fingerprint density at radius 3 is 2.02 bits per heavy atom. The maximum atomic E-state index is 13.5. The number of sulfonamides is 2. The molecule has 0 fully saturated rings. The van der Waals surface area contributed by atoms with Crippen molar-refractivity contribution in [1.29, 1.82) is 0 Å². The number of benzene rings is 4. The molecule has 40 heavy (non-hydrogen) atoms. The highest BCUT2D eigenvalue weighted by atomic mass is 35.5. The van der Waals surface area contributed by atoms with Crippen LogP contribution in [0.5, 0.6) is 5.75 Å². The first-order valence-electron chi connectivity index (χ1n) is 11.6. The monoisotopic (exact) mass is 619 g/mol. The first-order valence-corrected chi connectivity index (χ1v) is 15.3. The summed E-state index contributed by atoms with van der Waals surface area (Å²) in [5, 5.41) is 2.93. The van der Waals surface area contributed by atoms with E-state index in [1.54, 1.807) is 42.5 Å². The Bertz CT molecular complexity index is 1720. The van der Waals surface area contributed by atoms with Crippen LogP contribution < -0.4 is 19.1 Å². The van der Waals surface area contributed by atoms with E-state index in [1.807, 2.05) is 0 Å². The first kappa shape index (κ1) is 29.2. The van der Waals surface area contributed by atoms with E-state index >= 15 is 0 Å². The molecule has 0 saturated heterocycles. The fourth-order valence-electron chi connectivity index (χ4n) is 3.62. The molecule has 0 aliphatic carbocycles. The number of anilines is 3. The van der Waals surface area contributed by atoms with Crippen LogP contribution in [0.2, 0.25) is 10.0 Å². The van der Waals surface area contributed by atoms with Crippen LogP contribution >= 0.6 is 23.2 Å². The Labute approximate surface area is 242 Å². The zero-order chi connectivity index (χ0) is 28.9. The highest BCUT2D eigenvalue weighted by molar-refractivity contribution is 7.93. The van der Waals surface area contributed by atoms with E-state index in [-0.39, 0.29) is 26.2 Å². The molecule has 0 atom stereocenters. The minimum Gasteiger partial charge on any atom is -0.497 e. The molecule has 0 aliphatic heterocycles. The number of amides is 1. The molecular weight excluding hydrogens is 597 g/mol. The van der Waals surface area contributed by atoms with Crippen LogP contribution in [0.3, 0.4) is 0 Å². The second-order valence-corrected chi connectivity index (χ2v) is 12.7. The standard InChI is InChI=1S/C27H23Cl2N3O6S2/c1-38-22-12-8-21(9-13-22)31-39(34,35)23-14-10-20(11-15-23)30-27(33)18-32(26-16-7-19(28)17-25(26)29)40(36,37)24-5-3-2-4-6-24/h2-17,31H,18H2,1H3,(H,30,33). The molecule has 0 spiro atoms. The lowest BCUT2D eigenvalue weighted by Crippen LogP contribution is -2.38. The van der Waals surface area contributed by atoms with Gasteiger partial charge >= 0.3 is 0 Å². The Balaban J connectivity index is 1.53. The van der Waals surface area contributed by atoms with Gasteiger partial charge in [0.25, 0.3) is 20.0 Å². The topological polar surface area (TPSA) is 122 Å². The Morgan fingerprint density at radius 1 is 0.800 bits per heavy atom. The van der Waals surface area contributed by atoms with Gasteiger partial charge in [-0.2, -0.15) is 0 Å². The molecule has 0 heterocycles. The van der Waals surface area contributed by atoms with Crippen LogP contribution in [0.4, 0.5) is 17.1 Å². The fourth-order valence-corrected chi connectivity index (χ4v) is 6.70. The van der Waals surface area contributed by atoms with Crippen LogP contribution in [0.15, 0.2) is 107 Å². The van der Waals surface area contributed by atoms with Gasteiger partial charge in [0.05, 0.1) is 27.6 Å². The van der Waals surface area contributed by atoms with Gasteiger partial charge in [-0.05, 0) is 78.9 Å². The summed E-state index contributed by atoms with van der Waals surface area (Å²) < 4.78 is 60.9. The SMILES string of the molecule is COc1ccc(NS(=O)(=O)c2ccc(NC(=O)CN(c3ccc(Cl)cc3Cl)S(=O)(=O)c3ccccc3)cc2)cc1. The van der Waals surface area contributed by atoms with E-state index in [1.165, 1.54) is 61.7 Å². The lowest BCUT2D eigenvalue weighted by molar-refractivity contribution is -0.114. The molecular formula is C27H23Cl2N3O6S2. The molecule has 0 radical (unpaired) electrons. The lowest BCUT2D eigenvalue weighted by Gasteiger charge is -2.25. The zero-order valence-electron chi connectivity index (χ0n) is 20.9. The average molecular weight is 621 g/mol. The van der Waals surface area contributed by atoms with Gasteiger partial charge in [0.2, 0.25) is 5.91 Å². The number of halogens is 2. The number of hydrogen-bond donors (Lipinski definition) is 2. The Kier molecular flexibility index (Phi) is 8.89. The minimum atomic E-state index is -4.19. The number of carbonyl (C=O) groups is 1. The summed E-state index contributed by atoms with van der Waals surface area (Å²) in [5.74, 6) is -0.103. The van der Waals surface area contributed by atoms with E-state index in [9.17, 15) is 21.6 Å². The minimum absolute atomic E-state index is 0.0345. The van der Waals surface area contributed by atoms with Crippen LogP contribution in [-0.4, -0.2) is 36.4 Å². The lowest BCUT2D eigenvalue weighted by atomic mass is 10.3. The fraction of sp³-hybridized carbons (Fsp3) is 0.0741. The van der Waals surface area contributed by atoms with Crippen molar-refractivity contribution < 1.29 is 26.4 Å². The van der Waals surface area contributed by atoms with E-state index in [0.29, 0.717) is 16.5 Å². The Hall–Kier alpha value is -3.77. The van der Waals surface area contributed by atoms with Crippen LogP contribution in [0, 0.1) is 0 Å². The predicted octanol–water partition coefficient (Wildman–Crippen LogP) is 5.64. The van der Waals surface area contributed by atoms with E-state index in [0.717, 1.165) is 4.31 Å². The van der Waals surface area contributed by atoms with Gasteiger partial charge in [0, 0.05) is 16.4 Å². The van der Waals surface area contributed by atoms with Crippen molar-refractivity contribution in [2.24, 2.45) is 0 Å². The molecule has 4 aromatic rings.